The van der Waals surface area contributed by atoms with Crippen molar-refractivity contribution in [2.45, 2.75) is 109 Å². The number of alkyl halides is 1. The number of benzene rings is 2. The van der Waals surface area contributed by atoms with E-state index in [1.54, 1.807) is 6.07 Å². The third-order valence-corrected chi connectivity index (χ3v) is 8.79. The molecule has 0 radical (unpaired) electrons. The molecular formula is C32H44F2. The summed E-state index contributed by atoms with van der Waals surface area (Å²) < 4.78 is 27.4. The lowest BCUT2D eigenvalue weighted by Gasteiger charge is -2.29. The van der Waals surface area contributed by atoms with Gasteiger partial charge in [-0.2, -0.15) is 0 Å². The van der Waals surface area contributed by atoms with Gasteiger partial charge >= 0.3 is 0 Å². The minimum Gasteiger partial charge on any atom is -0.251 e. The average molecular weight is 467 g/mol. The van der Waals surface area contributed by atoms with Crippen LogP contribution in [0.5, 0.6) is 0 Å². The molecule has 34 heavy (non-hydrogen) atoms. The molecular weight excluding hydrogens is 422 g/mol. The molecule has 0 unspecified atom stereocenters. The fourth-order valence-electron chi connectivity index (χ4n) is 6.64. The third-order valence-electron chi connectivity index (χ3n) is 8.79. The zero-order chi connectivity index (χ0) is 23.8. The lowest BCUT2D eigenvalue weighted by Crippen LogP contribution is -2.13. The number of unbranched alkanes of at least 4 members (excludes halogenated alkanes) is 2. The van der Waals surface area contributed by atoms with Gasteiger partial charge in [-0.25, -0.2) is 4.39 Å². The zero-order valence-corrected chi connectivity index (χ0v) is 21.2. The van der Waals surface area contributed by atoms with Crippen molar-refractivity contribution in [3.05, 3.63) is 59.4 Å². The van der Waals surface area contributed by atoms with Crippen LogP contribution in [0.3, 0.4) is 0 Å². The van der Waals surface area contributed by atoms with Crippen LogP contribution in [0.4, 0.5) is 8.78 Å². The Bertz CT molecular complexity index is 855. The Morgan fingerprint density at radius 1 is 0.676 bits per heavy atom. The molecule has 2 aliphatic carbocycles. The van der Waals surface area contributed by atoms with E-state index in [2.05, 4.69) is 37.3 Å². The predicted molar refractivity (Wildman–Crippen MR) is 141 cm³/mol. The Morgan fingerprint density at radius 3 is 1.85 bits per heavy atom. The van der Waals surface area contributed by atoms with Crippen molar-refractivity contribution < 1.29 is 8.78 Å². The molecule has 0 nitrogen and oxygen atoms in total. The SMILES string of the molecule is CCCC1CCC(c2ccc(-c3ccc(C4CCC(CCCCCF)CC4)cc3F)cc2)CC1. The number of rotatable bonds is 10. The van der Waals surface area contributed by atoms with Crippen LogP contribution in [0.15, 0.2) is 42.5 Å². The monoisotopic (exact) mass is 466 g/mol. The van der Waals surface area contributed by atoms with E-state index in [1.165, 1.54) is 63.4 Å². The second-order valence-electron chi connectivity index (χ2n) is 11.1. The molecule has 0 atom stereocenters. The summed E-state index contributed by atoms with van der Waals surface area (Å²) in [6.07, 6.45) is 16.9. The maximum atomic E-state index is 15.1. The van der Waals surface area contributed by atoms with E-state index in [-0.39, 0.29) is 12.5 Å². The van der Waals surface area contributed by atoms with Crippen molar-refractivity contribution in [3.63, 3.8) is 0 Å². The highest BCUT2D eigenvalue weighted by Crippen LogP contribution is 2.40. The normalized spacial score (nSPS) is 25.4. The topological polar surface area (TPSA) is 0 Å². The van der Waals surface area contributed by atoms with Crippen LogP contribution in [-0.4, -0.2) is 6.67 Å². The molecule has 2 aromatic carbocycles. The van der Waals surface area contributed by atoms with Gasteiger partial charge in [0.1, 0.15) is 5.82 Å². The van der Waals surface area contributed by atoms with Gasteiger partial charge in [-0.15, -0.1) is 0 Å². The van der Waals surface area contributed by atoms with Crippen molar-refractivity contribution in [1.29, 1.82) is 0 Å². The largest absolute Gasteiger partial charge is 0.251 e. The summed E-state index contributed by atoms with van der Waals surface area (Å²) >= 11 is 0. The highest BCUT2D eigenvalue weighted by Gasteiger charge is 2.24. The standard InChI is InChI=1S/C32H44F2/c1-2-6-24-8-12-26(13-9-24)27-16-18-29(19-17-27)31-21-20-30(23-32(31)34)28-14-10-25(11-15-28)7-4-3-5-22-33/h16-21,23-26,28H,2-15,22H2,1H3. The Balaban J connectivity index is 1.31. The summed E-state index contributed by atoms with van der Waals surface area (Å²) in [6, 6.07) is 14.7. The second-order valence-corrected chi connectivity index (χ2v) is 11.1. The summed E-state index contributed by atoms with van der Waals surface area (Å²) in [5, 5.41) is 0. The number of halogens is 2. The average Bonchev–Trinajstić information content (AvgIpc) is 2.88. The molecule has 2 aromatic rings. The molecule has 2 fully saturated rings. The van der Waals surface area contributed by atoms with E-state index in [9.17, 15) is 4.39 Å². The van der Waals surface area contributed by atoms with Gasteiger partial charge < -0.3 is 0 Å². The summed E-state index contributed by atoms with van der Waals surface area (Å²) in [6.45, 7) is 2.11. The van der Waals surface area contributed by atoms with Crippen molar-refractivity contribution in [1.82, 2.24) is 0 Å². The van der Waals surface area contributed by atoms with Crippen molar-refractivity contribution in [2.24, 2.45) is 11.8 Å². The fourth-order valence-corrected chi connectivity index (χ4v) is 6.64. The van der Waals surface area contributed by atoms with Crippen molar-refractivity contribution in [2.75, 3.05) is 6.67 Å². The van der Waals surface area contributed by atoms with Crippen LogP contribution in [0, 0.1) is 17.7 Å². The highest BCUT2D eigenvalue weighted by molar-refractivity contribution is 5.65. The van der Waals surface area contributed by atoms with Gasteiger partial charge in [-0.05, 0) is 104 Å². The Kier molecular flexibility index (Phi) is 9.59. The van der Waals surface area contributed by atoms with E-state index in [0.29, 0.717) is 18.3 Å². The molecule has 0 aromatic heterocycles. The molecule has 0 bridgehead atoms. The van der Waals surface area contributed by atoms with Crippen LogP contribution >= 0.6 is 0 Å². The minimum atomic E-state index is -0.182. The van der Waals surface area contributed by atoms with Crippen LogP contribution < -0.4 is 0 Å². The van der Waals surface area contributed by atoms with E-state index in [4.69, 9.17) is 0 Å². The smallest absolute Gasteiger partial charge is 0.131 e. The minimum absolute atomic E-state index is 0.0846. The third kappa shape index (κ3) is 6.70. The molecule has 0 heterocycles. The van der Waals surface area contributed by atoms with Gasteiger partial charge in [0.15, 0.2) is 0 Å². The lowest BCUT2D eigenvalue weighted by molar-refractivity contribution is 0.300. The molecule has 2 heteroatoms. The second kappa shape index (κ2) is 12.8. The fraction of sp³-hybridized carbons (Fsp3) is 0.625. The van der Waals surface area contributed by atoms with Gasteiger partial charge in [0.2, 0.25) is 0 Å². The maximum Gasteiger partial charge on any atom is 0.131 e. The predicted octanol–water partition coefficient (Wildman–Crippen LogP) is 10.4. The van der Waals surface area contributed by atoms with Gasteiger partial charge in [-0.1, -0.05) is 75.4 Å². The van der Waals surface area contributed by atoms with Crippen LogP contribution in [-0.2, 0) is 0 Å². The van der Waals surface area contributed by atoms with Crippen LogP contribution in [0.2, 0.25) is 0 Å². The summed E-state index contributed by atoms with van der Waals surface area (Å²) in [5.74, 6) is 2.78. The first-order chi connectivity index (χ1) is 16.7. The molecule has 0 spiro atoms. The van der Waals surface area contributed by atoms with Gasteiger partial charge in [0.25, 0.3) is 0 Å². The van der Waals surface area contributed by atoms with Gasteiger partial charge in [0, 0.05) is 5.56 Å². The molecule has 186 valence electrons. The van der Waals surface area contributed by atoms with E-state index in [0.717, 1.165) is 54.2 Å². The molecule has 0 amide bonds. The first kappa shape index (κ1) is 25.4. The van der Waals surface area contributed by atoms with Gasteiger partial charge in [0.05, 0.1) is 6.67 Å². The summed E-state index contributed by atoms with van der Waals surface area (Å²) in [7, 11) is 0. The lowest BCUT2D eigenvalue weighted by atomic mass is 9.76. The molecule has 0 N–H and O–H groups in total. The van der Waals surface area contributed by atoms with Crippen LogP contribution in [0.1, 0.15) is 120 Å². The first-order valence-electron chi connectivity index (χ1n) is 14.1. The Labute approximate surface area is 206 Å². The summed E-state index contributed by atoms with van der Waals surface area (Å²) in [5.41, 5.74) is 4.31. The summed E-state index contributed by atoms with van der Waals surface area (Å²) in [4.78, 5) is 0. The number of hydrogen-bond acceptors (Lipinski definition) is 0. The van der Waals surface area contributed by atoms with E-state index >= 15 is 4.39 Å². The number of hydrogen-bond donors (Lipinski definition) is 0. The maximum absolute atomic E-state index is 15.1. The molecule has 4 rings (SSSR count). The quantitative estimate of drug-likeness (QED) is 0.305. The highest BCUT2D eigenvalue weighted by atomic mass is 19.1. The Hall–Kier alpha value is -1.70. The molecule has 2 saturated carbocycles. The molecule has 0 saturated heterocycles. The first-order valence-corrected chi connectivity index (χ1v) is 14.1. The van der Waals surface area contributed by atoms with E-state index in [1.807, 2.05) is 6.07 Å². The van der Waals surface area contributed by atoms with Crippen LogP contribution in [0.25, 0.3) is 11.1 Å². The van der Waals surface area contributed by atoms with E-state index < -0.39 is 0 Å². The van der Waals surface area contributed by atoms with Crippen molar-refractivity contribution >= 4 is 0 Å². The Morgan fingerprint density at radius 2 is 1.26 bits per heavy atom. The zero-order valence-electron chi connectivity index (χ0n) is 21.2. The molecule has 2 aliphatic rings. The van der Waals surface area contributed by atoms with Gasteiger partial charge in [-0.3, -0.25) is 4.39 Å². The molecule has 0 aliphatic heterocycles. The van der Waals surface area contributed by atoms with Crippen molar-refractivity contribution in [3.8, 4) is 11.1 Å².